The Bertz CT molecular complexity index is 283. The van der Waals surface area contributed by atoms with Crippen LogP contribution >= 0.6 is 11.6 Å². The maximum Gasteiger partial charge on any atom is 0.252 e. The van der Waals surface area contributed by atoms with E-state index < -0.39 is 5.24 Å². The van der Waals surface area contributed by atoms with Crippen molar-refractivity contribution in [1.29, 1.82) is 0 Å². The molecule has 0 saturated heterocycles. The van der Waals surface area contributed by atoms with Gasteiger partial charge in [0.25, 0.3) is 5.24 Å². The molecule has 0 fully saturated rings. The number of rotatable bonds is 2. The first-order valence-corrected chi connectivity index (χ1v) is 3.45. The number of hydrogen-bond acceptors (Lipinski definition) is 4. The van der Waals surface area contributed by atoms with Gasteiger partial charge < -0.3 is 10.4 Å². The Kier molecular flexibility index (Phi) is 2.65. The van der Waals surface area contributed by atoms with Crippen LogP contribution in [-0.2, 0) is 0 Å². The Balaban J connectivity index is 2.93. The largest absolute Gasteiger partial charge is 0.733 e. The molecule has 12 heavy (non-hydrogen) atoms. The molecular weight excluding hydrogens is 182 g/mol. The Morgan fingerprint density at radius 1 is 1.42 bits per heavy atom. The van der Waals surface area contributed by atoms with Crippen LogP contribution in [0.15, 0.2) is 24.3 Å². The van der Waals surface area contributed by atoms with Gasteiger partial charge in [-0.3, -0.25) is 10.0 Å². The number of carbonyl (C=O) groups is 1. The SMILES string of the molecule is O=C(Cl)c1ccc(N([O-])O)cc1. The van der Waals surface area contributed by atoms with E-state index in [1.165, 1.54) is 24.3 Å². The van der Waals surface area contributed by atoms with Crippen LogP contribution in [0.3, 0.4) is 0 Å². The second-order valence-electron chi connectivity index (χ2n) is 2.09. The quantitative estimate of drug-likeness (QED) is 0.565. The first-order valence-electron chi connectivity index (χ1n) is 3.07. The summed E-state index contributed by atoms with van der Waals surface area (Å²) in [5.74, 6) is 0. The van der Waals surface area contributed by atoms with Gasteiger partial charge in [0.2, 0.25) is 0 Å². The Morgan fingerprint density at radius 3 is 2.25 bits per heavy atom. The maximum atomic E-state index is 10.5. The molecular formula is C7H5ClNO3-. The van der Waals surface area contributed by atoms with Crippen LogP contribution in [0.2, 0.25) is 0 Å². The molecule has 4 nitrogen and oxygen atoms in total. The van der Waals surface area contributed by atoms with Gasteiger partial charge in [-0.1, -0.05) is 0 Å². The summed E-state index contributed by atoms with van der Waals surface area (Å²) in [7, 11) is 0. The Morgan fingerprint density at radius 2 is 1.92 bits per heavy atom. The predicted octanol–water partition coefficient (Wildman–Crippen LogP) is 1.76. The van der Waals surface area contributed by atoms with E-state index in [4.69, 9.17) is 16.8 Å². The van der Waals surface area contributed by atoms with Crippen LogP contribution in [-0.4, -0.2) is 10.4 Å². The number of halogens is 1. The summed E-state index contributed by atoms with van der Waals surface area (Å²) in [4.78, 5) is 10.5. The molecule has 1 rings (SSSR count). The lowest BCUT2D eigenvalue weighted by Gasteiger charge is -2.21. The molecule has 0 radical (unpaired) electrons. The van der Waals surface area contributed by atoms with Crippen LogP contribution in [0.4, 0.5) is 5.69 Å². The highest BCUT2D eigenvalue weighted by Gasteiger charge is 2.00. The van der Waals surface area contributed by atoms with Gasteiger partial charge in [0.05, 0.1) is 5.69 Å². The third-order valence-electron chi connectivity index (χ3n) is 1.32. The molecule has 1 aromatic carbocycles. The zero-order chi connectivity index (χ0) is 9.14. The van der Waals surface area contributed by atoms with E-state index >= 15 is 0 Å². The molecule has 0 aromatic heterocycles. The monoisotopic (exact) mass is 186 g/mol. The van der Waals surface area contributed by atoms with Gasteiger partial charge in [0.1, 0.15) is 0 Å². The molecule has 0 aliphatic heterocycles. The molecule has 0 aliphatic rings. The highest BCUT2D eigenvalue weighted by atomic mass is 35.5. The molecule has 0 bridgehead atoms. The third-order valence-corrected chi connectivity index (χ3v) is 1.53. The smallest absolute Gasteiger partial charge is 0.252 e. The zero-order valence-corrected chi connectivity index (χ0v) is 6.65. The van der Waals surface area contributed by atoms with E-state index in [0.717, 1.165) is 0 Å². The fourth-order valence-corrected chi connectivity index (χ4v) is 0.846. The van der Waals surface area contributed by atoms with Crippen molar-refractivity contribution in [1.82, 2.24) is 0 Å². The molecule has 1 N–H and O–H groups in total. The zero-order valence-electron chi connectivity index (χ0n) is 5.90. The van der Waals surface area contributed by atoms with Gasteiger partial charge >= 0.3 is 0 Å². The Labute approximate surface area is 73.5 Å². The summed E-state index contributed by atoms with van der Waals surface area (Å²) in [6.45, 7) is 0. The fourth-order valence-electron chi connectivity index (χ4n) is 0.720. The number of anilines is 1. The maximum absolute atomic E-state index is 10.5. The van der Waals surface area contributed by atoms with Crippen molar-refractivity contribution in [2.45, 2.75) is 0 Å². The van der Waals surface area contributed by atoms with Crippen LogP contribution in [0, 0.1) is 5.21 Å². The summed E-state index contributed by atoms with van der Waals surface area (Å²) in [6, 6.07) is 5.29. The van der Waals surface area contributed by atoms with Crippen molar-refractivity contribution in [3.63, 3.8) is 0 Å². The second kappa shape index (κ2) is 3.53. The molecule has 0 saturated carbocycles. The minimum atomic E-state index is -0.600. The van der Waals surface area contributed by atoms with E-state index in [1.54, 1.807) is 0 Å². The van der Waals surface area contributed by atoms with Gasteiger partial charge in [0, 0.05) is 5.56 Å². The van der Waals surface area contributed by atoms with Gasteiger partial charge in [0.15, 0.2) is 0 Å². The number of nitrogens with zero attached hydrogens (tertiary/aromatic N) is 1. The number of benzene rings is 1. The predicted molar refractivity (Wildman–Crippen MR) is 44.3 cm³/mol. The summed E-state index contributed by atoms with van der Waals surface area (Å²) >= 11 is 5.14. The van der Waals surface area contributed by atoms with Crippen molar-refractivity contribution in [3.8, 4) is 0 Å². The lowest BCUT2D eigenvalue weighted by molar-refractivity contribution is 0.108. The summed E-state index contributed by atoms with van der Waals surface area (Å²) in [6.07, 6.45) is 0. The summed E-state index contributed by atoms with van der Waals surface area (Å²) in [5.41, 5.74) is 0.332. The minimum absolute atomic E-state index is 0.0525. The van der Waals surface area contributed by atoms with E-state index in [0.29, 0.717) is 0 Å². The second-order valence-corrected chi connectivity index (χ2v) is 2.44. The molecule has 64 valence electrons. The van der Waals surface area contributed by atoms with Crippen molar-refractivity contribution in [2.75, 3.05) is 5.23 Å². The molecule has 0 spiro atoms. The normalized spacial score (nSPS) is 9.58. The number of carbonyl (C=O) groups excluding carboxylic acids is 1. The molecule has 0 heterocycles. The van der Waals surface area contributed by atoms with Crippen LogP contribution in [0.25, 0.3) is 0 Å². The molecule has 0 amide bonds. The lowest BCUT2D eigenvalue weighted by atomic mass is 10.2. The van der Waals surface area contributed by atoms with E-state index in [2.05, 4.69) is 0 Å². The van der Waals surface area contributed by atoms with E-state index in [1.807, 2.05) is 0 Å². The average molecular weight is 187 g/mol. The topological polar surface area (TPSA) is 63.6 Å². The highest BCUT2D eigenvalue weighted by Crippen LogP contribution is 2.13. The molecule has 0 aliphatic carbocycles. The van der Waals surface area contributed by atoms with Crippen molar-refractivity contribution in [2.24, 2.45) is 0 Å². The summed E-state index contributed by atoms with van der Waals surface area (Å²) < 4.78 is 0. The Hall–Kier alpha value is -1.10. The first-order chi connectivity index (χ1) is 5.61. The van der Waals surface area contributed by atoms with Crippen LogP contribution in [0.1, 0.15) is 10.4 Å². The van der Waals surface area contributed by atoms with Gasteiger partial charge in [-0.2, -0.15) is 0 Å². The van der Waals surface area contributed by atoms with Gasteiger partial charge in [-0.25, -0.2) is 0 Å². The van der Waals surface area contributed by atoms with E-state index in [-0.39, 0.29) is 16.5 Å². The van der Waals surface area contributed by atoms with Crippen LogP contribution in [0.5, 0.6) is 0 Å². The molecule has 0 unspecified atom stereocenters. The van der Waals surface area contributed by atoms with Gasteiger partial charge in [-0.05, 0) is 35.9 Å². The molecule has 0 atom stereocenters. The van der Waals surface area contributed by atoms with Gasteiger partial charge in [-0.15, -0.1) is 0 Å². The van der Waals surface area contributed by atoms with Crippen molar-refractivity contribution < 1.29 is 10.0 Å². The van der Waals surface area contributed by atoms with Crippen LogP contribution < -0.4 is 5.23 Å². The standard InChI is InChI=1S/C7H5ClNO3/c8-7(10)5-1-3-6(4-2-5)9(11)12/h1-4,11H/q-1. The minimum Gasteiger partial charge on any atom is -0.733 e. The summed E-state index contributed by atoms with van der Waals surface area (Å²) in [5, 5.41) is 17.8. The first kappa shape index (κ1) is 8.99. The van der Waals surface area contributed by atoms with Crippen molar-refractivity contribution in [3.05, 3.63) is 35.0 Å². The molecule has 5 heteroatoms. The fraction of sp³-hybridized carbons (Fsp3) is 0. The van der Waals surface area contributed by atoms with Crippen molar-refractivity contribution >= 4 is 22.5 Å². The highest BCUT2D eigenvalue weighted by molar-refractivity contribution is 6.67. The number of hydrogen-bond donors (Lipinski definition) is 1. The van der Waals surface area contributed by atoms with E-state index in [9.17, 15) is 10.0 Å². The molecule has 1 aromatic rings. The lowest BCUT2D eigenvalue weighted by Crippen LogP contribution is -2.06. The third kappa shape index (κ3) is 1.94. The average Bonchev–Trinajstić information content (AvgIpc) is 2.04.